The van der Waals surface area contributed by atoms with Crippen molar-refractivity contribution in [2.75, 3.05) is 6.61 Å². The Bertz CT molecular complexity index is 356. The molecule has 1 saturated carbocycles. The summed E-state index contributed by atoms with van der Waals surface area (Å²) in [5.41, 5.74) is 0. The summed E-state index contributed by atoms with van der Waals surface area (Å²) in [6.07, 6.45) is 8.24. The van der Waals surface area contributed by atoms with Gasteiger partial charge < -0.3 is 4.74 Å². The van der Waals surface area contributed by atoms with Crippen LogP contribution in [-0.2, 0) is 4.79 Å². The molecule has 0 aromatic carbocycles. The van der Waals surface area contributed by atoms with Crippen LogP contribution in [0.3, 0.4) is 0 Å². The Morgan fingerprint density at radius 1 is 1.38 bits per heavy atom. The van der Waals surface area contributed by atoms with E-state index < -0.39 is 0 Å². The van der Waals surface area contributed by atoms with Crippen LogP contribution in [0.1, 0.15) is 44.3 Å². The molecule has 4 nitrogen and oxygen atoms in total. The van der Waals surface area contributed by atoms with Gasteiger partial charge in [0.2, 0.25) is 0 Å². The molecule has 0 radical (unpaired) electrons. The van der Waals surface area contributed by atoms with Crippen molar-refractivity contribution in [3.05, 3.63) is 18.2 Å². The molecule has 1 heterocycles. The van der Waals surface area contributed by atoms with E-state index in [4.69, 9.17) is 4.74 Å². The molecule has 0 amide bonds. The van der Waals surface area contributed by atoms with Gasteiger partial charge in [0.05, 0.1) is 12.4 Å². The molecule has 0 atom stereocenters. The highest BCUT2D eigenvalue weighted by atomic mass is 16.5. The molecular weight excluding hydrogens is 204 g/mol. The van der Waals surface area contributed by atoms with E-state index in [0.29, 0.717) is 11.7 Å². The molecule has 16 heavy (non-hydrogen) atoms. The highest BCUT2D eigenvalue weighted by Crippen LogP contribution is 2.31. The first-order valence-electron chi connectivity index (χ1n) is 5.70. The number of carbonyl (C=O) groups is 1. The van der Waals surface area contributed by atoms with Crippen LogP contribution in [0.25, 0.3) is 0 Å². The van der Waals surface area contributed by atoms with Gasteiger partial charge in [0.15, 0.2) is 11.5 Å². The fourth-order valence-electron chi connectivity index (χ4n) is 1.98. The number of nitrogens with zero attached hydrogens (tertiary/aromatic N) is 2. The lowest BCUT2D eigenvalue weighted by molar-refractivity contribution is -0.118. The molecule has 0 aliphatic heterocycles. The SMILES string of the molecule is CC(=O)COc1cnc(C2CCCC2)nc1. The normalized spacial score (nSPS) is 16.3. The number of aromatic nitrogens is 2. The maximum Gasteiger partial charge on any atom is 0.167 e. The number of ether oxygens (including phenoxy) is 1. The van der Waals surface area contributed by atoms with E-state index in [0.717, 1.165) is 5.82 Å². The fourth-order valence-corrected chi connectivity index (χ4v) is 1.98. The van der Waals surface area contributed by atoms with E-state index in [-0.39, 0.29) is 12.4 Å². The third kappa shape index (κ3) is 2.78. The Kier molecular flexibility index (Phi) is 3.49. The Morgan fingerprint density at radius 3 is 2.56 bits per heavy atom. The summed E-state index contributed by atoms with van der Waals surface area (Å²) in [5, 5.41) is 0. The second-order valence-corrected chi connectivity index (χ2v) is 4.25. The molecule has 0 spiro atoms. The predicted molar refractivity (Wildman–Crippen MR) is 59.4 cm³/mol. The first kappa shape index (κ1) is 11.0. The number of Topliss-reactive ketones (excluding diaryl/α,β-unsaturated/α-hetero) is 1. The van der Waals surface area contributed by atoms with Crippen molar-refractivity contribution in [2.24, 2.45) is 0 Å². The summed E-state index contributed by atoms with van der Waals surface area (Å²) in [5.74, 6) is 1.99. The molecule has 1 fully saturated rings. The Labute approximate surface area is 95.1 Å². The molecular formula is C12H16N2O2. The molecule has 0 unspecified atom stereocenters. The molecule has 1 aliphatic carbocycles. The summed E-state index contributed by atoms with van der Waals surface area (Å²) in [6.45, 7) is 1.58. The second kappa shape index (κ2) is 5.05. The zero-order valence-electron chi connectivity index (χ0n) is 9.48. The maximum absolute atomic E-state index is 10.7. The van der Waals surface area contributed by atoms with Gasteiger partial charge >= 0.3 is 0 Å². The summed E-state index contributed by atoms with van der Waals surface area (Å²) < 4.78 is 5.21. The molecule has 86 valence electrons. The largest absolute Gasteiger partial charge is 0.483 e. The lowest BCUT2D eigenvalue weighted by Crippen LogP contribution is -2.08. The van der Waals surface area contributed by atoms with E-state index in [1.165, 1.54) is 32.6 Å². The van der Waals surface area contributed by atoms with Crippen LogP contribution in [-0.4, -0.2) is 22.4 Å². The fraction of sp³-hybridized carbons (Fsp3) is 0.583. The molecule has 2 rings (SSSR count). The van der Waals surface area contributed by atoms with E-state index in [2.05, 4.69) is 9.97 Å². The van der Waals surface area contributed by atoms with Crippen molar-refractivity contribution in [2.45, 2.75) is 38.5 Å². The second-order valence-electron chi connectivity index (χ2n) is 4.25. The summed E-state index contributed by atoms with van der Waals surface area (Å²) in [4.78, 5) is 19.3. The summed E-state index contributed by atoms with van der Waals surface area (Å²) >= 11 is 0. The molecule has 1 aliphatic rings. The van der Waals surface area contributed by atoms with Gasteiger partial charge in [-0.2, -0.15) is 0 Å². The lowest BCUT2D eigenvalue weighted by Gasteiger charge is -2.08. The first-order valence-corrected chi connectivity index (χ1v) is 5.70. The van der Waals surface area contributed by atoms with Crippen molar-refractivity contribution in [1.29, 1.82) is 0 Å². The lowest BCUT2D eigenvalue weighted by atomic mass is 10.1. The maximum atomic E-state index is 10.7. The van der Waals surface area contributed by atoms with Gasteiger partial charge in [0.25, 0.3) is 0 Å². The highest BCUT2D eigenvalue weighted by molar-refractivity contribution is 5.77. The van der Waals surface area contributed by atoms with Crippen molar-refractivity contribution in [3.8, 4) is 5.75 Å². The zero-order chi connectivity index (χ0) is 11.4. The third-order valence-electron chi connectivity index (χ3n) is 2.81. The highest BCUT2D eigenvalue weighted by Gasteiger charge is 2.19. The monoisotopic (exact) mass is 220 g/mol. The van der Waals surface area contributed by atoms with Gasteiger partial charge in [-0.1, -0.05) is 12.8 Å². The van der Waals surface area contributed by atoms with Crippen LogP contribution in [0.2, 0.25) is 0 Å². The van der Waals surface area contributed by atoms with Crippen LogP contribution < -0.4 is 4.74 Å². The molecule has 1 aromatic rings. The topological polar surface area (TPSA) is 52.1 Å². The van der Waals surface area contributed by atoms with Gasteiger partial charge in [-0.25, -0.2) is 9.97 Å². The van der Waals surface area contributed by atoms with Crippen LogP contribution in [0, 0.1) is 0 Å². The van der Waals surface area contributed by atoms with Gasteiger partial charge in [0.1, 0.15) is 12.4 Å². The van der Waals surface area contributed by atoms with Crippen LogP contribution in [0.15, 0.2) is 12.4 Å². The Hall–Kier alpha value is -1.45. The summed E-state index contributed by atoms with van der Waals surface area (Å²) in [6, 6.07) is 0. The van der Waals surface area contributed by atoms with Crippen molar-refractivity contribution in [3.63, 3.8) is 0 Å². The van der Waals surface area contributed by atoms with E-state index in [1.54, 1.807) is 12.4 Å². The minimum Gasteiger partial charge on any atom is -0.483 e. The van der Waals surface area contributed by atoms with Crippen molar-refractivity contribution in [1.82, 2.24) is 9.97 Å². The number of rotatable bonds is 4. The molecule has 0 N–H and O–H groups in total. The van der Waals surface area contributed by atoms with Crippen molar-refractivity contribution < 1.29 is 9.53 Å². The van der Waals surface area contributed by atoms with E-state index >= 15 is 0 Å². The smallest absolute Gasteiger partial charge is 0.167 e. The minimum atomic E-state index is -0.000121. The third-order valence-corrected chi connectivity index (χ3v) is 2.81. The van der Waals surface area contributed by atoms with Crippen LogP contribution in [0.4, 0.5) is 0 Å². The number of ketones is 1. The average Bonchev–Trinajstić information content (AvgIpc) is 2.80. The molecule has 1 aromatic heterocycles. The minimum absolute atomic E-state index is 0.000121. The Balaban J connectivity index is 1.95. The molecule has 0 bridgehead atoms. The van der Waals surface area contributed by atoms with Gasteiger partial charge in [-0.15, -0.1) is 0 Å². The summed E-state index contributed by atoms with van der Waals surface area (Å²) in [7, 11) is 0. The number of carbonyl (C=O) groups excluding carboxylic acids is 1. The Morgan fingerprint density at radius 2 is 2.00 bits per heavy atom. The van der Waals surface area contributed by atoms with Crippen LogP contribution >= 0.6 is 0 Å². The standard InChI is InChI=1S/C12H16N2O2/c1-9(15)8-16-11-6-13-12(14-7-11)10-4-2-3-5-10/h6-7,10H,2-5,8H2,1H3. The van der Waals surface area contributed by atoms with E-state index in [1.807, 2.05) is 0 Å². The van der Waals surface area contributed by atoms with Crippen LogP contribution in [0.5, 0.6) is 5.75 Å². The zero-order valence-corrected chi connectivity index (χ0v) is 9.48. The predicted octanol–water partition coefficient (Wildman–Crippen LogP) is 2.10. The first-order chi connectivity index (χ1) is 7.75. The van der Waals surface area contributed by atoms with E-state index in [9.17, 15) is 4.79 Å². The van der Waals surface area contributed by atoms with Gasteiger partial charge in [-0.05, 0) is 19.8 Å². The molecule has 4 heteroatoms. The number of hydrogen-bond acceptors (Lipinski definition) is 4. The number of hydrogen-bond donors (Lipinski definition) is 0. The molecule has 0 saturated heterocycles. The van der Waals surface area contributed by atoms with Gasteiger partial charge in [-0.3, -0.25) is 4.79 Å². The quantitative estimate of drug-likeness (QED) is 0.779. The van der Waals surface area contributed by atoms with Crippen molar-refractivity contribution >= 4 is 5.78 Å². The average molecular weight is 220 g/mol. The van der Waals surface area contributed by atoms with Gasteiger partial charge in [0, 0.05) is 5.92 Å².